The number of ether oxygens (including phenoxy) is 1. The van der Waals surface area contributed by atoms with Crippen molar-refractivity contribution < 1.29 is 4.74 Å². The predicted octanol–water partition coefficient (Wildman–Crippen LogP) is 2.77. The summed E-state index contributed by atoms with van der Waals surface area (Å²) in [6.07, 6.45) is 1.34. The smallest absolute Gasteiger partial charge is 0.0931 e. The standard InChI is InChI=1S/C13H21ClN2OS/c1-3-6-15-13(11-4-5-12(14)18-11)10-9-16(2)7-8-17-10/h4-5,10,13,15H,3,6-9H2,1-2H3. The average Bonchev–Trinajstić information content (AvgIpc) is 2.76. The van der Waals surface area contributed by atoms with E-state index < -0.39 is 0 Å². The zero-order chi connectivity index (χ0) is 13.0. The summed E-state index contributed by atoms with van der Waals surface area (Å²) in [5, 5.41) is 3.59. The summed E-state index contributed by atoms with van der Waals surface area (Å²) < 4.78 is 6.78. The lowest BCUT2D eigenvalue weighted by Crippen LogP contribution is -2.46. The molecule has 2 unspecified atom stereocenters. The van der Waals surface area contributed by atoms with E-state index in [1.165, 1.54) is 4.88 Å². The molecule has 0 bridgehead atoms. The quantitative estimate of drug-likeness (QED) is 0.902. The molecule has 2 rings (SSSR count). The van der Waals surface area contributed by atoms with Crippen LogP contribution >= 0.6 is 22.9 Å². The van der Waals surface area contributed by atoms with Gasteiger partial charge in [-0.25, -0.2) is 0 Å². The maximum atomic E-state index is 6.05. The highest BCUT2D eigenvalue weighted by Gasteiger charge is 2.28. The normalized spacial score (nSPS) is 23.2. The van der Waals surface area contributed by atoms with Crippen molar-refractivity contribution in [2.45, 2.75) is 25.5 Å². The number of nitrogens with zero attached hydrogens (tertiary/aromatic N) is 1. The first-order valence-corrected chi connectivity index (χ1v) is 7.69. The molecule has 1 N–H and O–H groups in total. The van der Waals surface area contributed by atoms with Gasteiger partial charge in [-0.2, -0.15) is 0 Å². The maximum Gasteiger partial charge on any atom is 0.0931 e. The Morgan fingerprint density at radius 3 is 3.06 bits per heavy atom. The molecule has 1 aliphatic heterocycles. The number of likely N-dealkylation sites (N-methyl/N-ethyl adjacent to an activating group) is 1. The van der Waals surface area contributed by atoms with Crippen LogP contribution < -0.4 is 5.32 Å². The first kappa shape index (κ1) is 14.3. The van der Waals surface area contributed by atoms with Crippen LogP contribution in [0.25, 0.3) is 0 Å². The summed E-state index contributed by atoms with van der Waals surface area (Å²) in [5.74, 6) is 0. The Morgan fingerprint density at radius 2 is 2.44 bits per heavy atom. The molecule has 2 atom stereocenters. The molecule has 102 valence electrons. The molecule has 0 aliphatic carbocycles. The van der Waals surface area contributed by atoms with E-state index in [9.17, 15) is 0 Å². The van der Waals surface area contributed by atoms with Gasteiger partial charge >= 0.3 is 0 Å². The van der Waals surface area contributed by atoms with Gasteiger partial charge in [-0.1, -0.05) is 18.5 Å². The fourth-order valence-electron chi connectivity index (χ4n) is 2.22. The van der Waals surface area contributed by atoms with Crippen LogP contribution in [0.15, 0.2) is 12.1 Å². The summed E-state index contributed by atoms with van der Waals surface area (Å²) in [4.78, 5) is 3.60. The molecule has 3 nitrogen and oxygen atoms in total. The third-order valence-electron chi connectivity index (χ3n) is 3.18. The van der Waals surface area contributed by atoms with Crippen molar-refractivity contribution in [3.05, 3.63) is 21.3 Å². The van der Waals surface area contributed by atoms with Crippen LogP contribution in [0.3, 0.4) is 0 Å². The molecule has 1 aromatic rings. The van der Waals surface area contributed by atoms with Crippen LogP contribution in [0.2, 0.25) is 4.34 Å². The van der Waals surface area contributed by atoms with Crippen LogP contribution in [0, 0.1) is 0 Å². The molecule has 0 radical (unpaired) electrons. The van der Waals surface area contributed by atoms with E-state index in [1.54, 1.807) is 11.3 Å². The van der Waals surface area contributed by atoms with Crippen molar-refractivity contribution in [2.24, 2.45) is 0 Å². The third kappa shape index (κ3) is 3.68. The van der Waals surface area contributed by atoms with E-state index in [1.807, 2.05) is 6.07 Å². The Morgan fingerprint density at radius 1 is 1.61 bits per heavy atom. The minimum atomic E-state index is 0.213. The van der Waals surface area contributed by atoms with E-state index in [-0.39, 0.29) is 12.1 Å². The number of rotatable bonds is 5. The number of halogens is 1. The van der Waals surface area contributed by atoms with Gasteiger partial charge in [0.25, 0.3) is 0 Å². The highest BCUT2D eigenvalue weighted by atomic mass is 35.5. The zero-order valence-electron chi connectivity index (χ0n) is 11.0. The van der Waals surface area contributed by atoms with E-state index in [4.69, 9.17) is 16.3 Å². The summed E-state index contributed by atoms with van der Waals surface area (Å²) in [7, 11) is 2.15. The largest absolute Gasteiger partial charge is 0.374 e. The van der Waals surface area contributed by atoms with Crippen molar-refractivity contribution in [1.82, 2.24) is 10.2 Å². The molecular weight excluding hydrogens is 268 g/mol. The van der Waals surface area contributed by atoms with E-state index in [0.717, 1.165) is 37.0 Å². The van der Waals surface area contributed by atoms with Crippen LogP contribution in [-0.2, 0) is 4.74 Å². The molecule has 2 heterocycles. The number of hydrogen-bond acceptors (Lipinski definition) is 4. The van der Waals surface area contributed by atoms with Crippen molar-refractivity contribution in [3.8, 4) is 0 Å². The first-order valence-electron chi connectivity index (χ1n) is 6.49. The molecule has 1 aliphatic rings. The van der Waals surface area contributed by atoms with Crippen molar-refractivity contribution in [2.75, 3.05) is 33.3 Å². The topological polar surface area (TPSA) is 24.5 Å². The fourth-order valence-corrected chi connectivity index (χ4v) is 3.41. The van der Waals surface area contributed by atoms with Gasteiger partial charge in [-0.3, -0.25) is 0 Å². The van der Waals surface area contributed by atoms with Gasteiger partial charge in [0.1, 0.15) is 0 Å². The van der Waals surface area contributed by atoms with Crippen molar-refractivity contribution in [1.29, 1.82) is 0 Å². The lowest BCUT2D eigenvalue weighted by Gasteiger charge is -2.35. The number of morpholine rings is 1. The minimum Gasteiger partial charge on any atom is -0.374 e. The van der Waals surface area contributed by atoms with Crippen molar-refractivity contribution in [3.63, 3.8) is 0 Å². The number of hydrogen-bond donors (Lipinski definition) is 1. The van der Waals surface area contributed by atoms with E-state index >= 15 is 0 Å². The van der Waals surface area contributed by atoms with Gasteiger partial charge in [0.15, 0.2) is 0 Å². The second kappa shape index (κ2) is 6.87. The number of nitrogens with one attached hydrogen (secondary N) is 1. The van der Waals surface area contributed by atoms with Crippen molar-refractivity contribution >= 4 is 22.9 Å². The second-order valence-corrected chi connectivity index (χ2v) is 6.49. The molecule has 18 heavy (non-hydrogen) atoms. The van der Waals surface area contributed by atoms with Gasteiger partial charge in [-0.15, -0.1) is 11.3 Å². The van der Waals surface area contributed by atoms with E-state index in [0.29, 0.717) is 0 Å². The maximum absolute atomic E-state index is 6.05. The Balaban J connectivity index is 2.08. The molecule has 5 heteroatoms. The molecular formula is C13H21ClN2OS. The summed E-state index contributed by atoms with van der Waals surface area (Å²) in [6.45, 7) is 5.98. The van der Waals surface area contributed by atoms with Crippen LogP contribution in [-0.4, -0.2) is 44.3 Å². The van der Waals surface area contributed by atoms with Crippen LogP contribution in [0.1, 0.15) is 24.3 Å². The molecule has 0 aromatic carbocycles. The highest BCUT2D eigenvalue weighted by molar-refractivity contribution is 7.16. The SMILES string of the molecule is CCCNC(c1ccc(Cl)s1)C1CN(C)CCO1. The molecule has 0 spiro atoms. The molecule has 0 saturated carbocycles. The Bertz CT molecular complexity index is 372. The summed E-state index contributed by atoms with van der Waals surface area (Å²) >= 11 is 7.69. The minimum absolute atomic E-state index is 0.213. The summed E-state index contributed by atoms with van der Waals surface area (Å²) in [5.41, 5.74) is 0. The zero-order valence-corrected chi connectivity index (χ0v) is 12.6. The Labute approximate surface area is 118 Å². The summed E-state index contributed by atoms with van der Waals surface area (Å²) in [6, 6.07) is 4.33. The lowest BCUT2D eigenvalue weighted by molar-refractivity contribution is -0.0386. The van der Waals surface area contributed by atoms with Gasteiger partial charge in [-0.05, 0) is 32.1 Å². The highest BCUT2D eigenvalue weighted by Crippen LogP contribution is 2.30. The van der Waals surface area contributed by atoms with Crippen LogP contribution in [0.5, 0.6) is 0 Å². The molecule has 1 saturated heterocycles. The first-order chi connectivity index (χ1) is 8.70. The molecule has 1 aromatic heterocycles. The van der Waals surface area contributed by atoms with Gasteiger partial charge < -0.3 is 15.0 Å². The third-order valence-corrected chi connectivity index (χ3v) is 4.50. The van der Waals surface area contributed by atoms with Gasteiger partial charge in [0.05, 0.1) is 23.1 Å². The van der Waals surface area contributed by atoms with Gasteiger partial charge in [0.2, 0.25) is 0 Å². The fraction of sp³-hybridized carbons (Fsp3) is 0.692. The Hall–Kier alpha value is -0.130. The van der Waals surface area contributed by atoms with Crippen LogP contribution in [0.4, 0.5) is 0 Å². The number of thiophene rings is 1. The average molecular weight is 289 g/mol. The predicted molar refractivity (Wildman–Crippen MR) is 77.6 cm³/mol. The Kier molecular flexibility index (Phi) is 5.45. The molecule has 1 fully saturated rings. The van der Waals surface area contributed by atoms with E-state index in [2.05, 4.69) is 30.3 Å². The lowest BCUT2D eigenvalue weighted by atomic mass is 10.1. The van der Waals surface area contributed by atoms with Gasteiger partial charge in [0, 0.05) is 18.0 Å². The molecule has 0 amide bonds. The monoisotopic (exact) mass is 288 g/mol. The second-order valence-electron chi connectivity index (χ2n) is 4.75.